The van der Waals surface area contributed by atoms with Crippen molar-refractivity contribution in [1.82, 2.24) is 9.88 Å². The van der Waals surface area contributed by atoms with Crippen LogP contribution in [0.1, 0.15) is 31.2 Å². The van der Waals surface area contributed by atoms with Crippen LogP contribution < -0.4 is 0 Å². The number of hydrogen-bond donors (Lipinski definition) is 2. The Bertz CT molecular complexity index is 1160. The molecule has 0 unspecified atom stereocenters. The summed E-state index contributed by atoms with van der Waals surface area (Å²) in [4.78, 5) is 29.5. The third-order valence-electron chi connectivity index (χ3n) is 6.00. The SMILES string of the molecule is O=C(O)CCCSCCN1C(=O)CC[C@@H]1/C=C/[C@@H](O)Cc1cccc(-c2nc3ccccc3s2)c1. The van der Waals surface area contributed by atoms with Crippen LogP contribution in [0.15, 0.2) is 60.7 Å². The molecule has 2 aromatic carbocycles. The maximum absolute atomic E-state index is 12.3. The van der Waals surface area contributed by atoms with Gasteiger partial charge in [-0.15, -0.1) is 11.3 Å². The van der Waals surface area contributed by atoms with E-state index in [0.29, 0.717) is 25.8 Å². The number of amides is 1. The Kier molecular flexibility index (Phi) is 8.95. The summed E-state index contributed by atoms with van der Waals surface area (Å²) >= 11 is 3.34. The quantitative estimate of drug-likeness (QED) is 0.263. The summed E-state index contributed by atoms with van der Waals surface area (Å²) in [5.74, 6) is 0.942. The van der Waals surface area contributed by atoms with Gasteiger partial charge in [0, 0.05) is 37.1 Å². The van der Waals surface area contributed by atoms with Gasteiger partial charge in [0.1, 0.15) is 5.01 Å². The number of carboxylic acid groups (broad SMARTS) is 1. The van der Waals surface area contributed by atoms with Gasteiger partial charge in [0.25, 0.3) is 0 Å². The number of para-hydroxylation sites is 1. The summed E-state index contributed by atoms with van der Waals surface area (Å²) in [5.41, 5.74) is 3.08. The van der Waals surface area contributed by atoms with Crippen molar-refractivity contribution >= 4 is 45.2 Å². The predicted octanol–water partition coefficient (Wildman–Crippen LogP) is 5.01. The standard InChI is InChI=1S/C27H30N2O4S2/c30-22(12-10-21-11-13-25(31)29(21)14-16-34-15-4-9-26(32)33)18-19-5-3-6-20(17-19)27-28-23-7-1-2-8-24(23)35-27/h1-3,5-8,10,12,17,21-22,30H,4,9,11,13-16,18H2,(H,32,33)/b12-10+/t21-,22+/m0/s1. The first kappa shape index (κ1) is 25.4. The molecule has 1 aliphatic heterocycles. The first-order chi connectivity index (χ1) is 17.0. The summed E-state index contributed by atoms with van der Waals surface area (Å²) in [6.45, 7) is 0.645. The lowest BCUT2D eigenvalue weighted by Gasteiger charge is -2.22. The van der Waals surface area contributed by atoms with Gasteiger partial charge in [-0.2, -0.15) is 11.8 Å². The van der Waals surface area contributed by atoms with E-state index in [2.05, 4.69) is 12.1 Å². The zero-order chi connectivity index (χ0) is 24.6. The number of thiazole rings is 1. The molecule has 0 radical (unpaired) electrons. The molecule has 1 saturated heterocycles. The minimum atomic E-state index is -0.771. The number of aliphatic hydroxyl groups excluding tert-OH is 1. The fraction of sp³-hybridized carbons (Fsp3) is 0.370. The fourth-order valence-corrected chi connectivity index (χ4v) is 6.07. The smallest absolute Gasteiger partial charge is 0.303 e. The number of carbonyl (C=O) groups excluding carboxylic acids is 1. The molecular weight excluding hydrogens is 480 g/mol. The summed E-state index contributed by atoms with van der Waals surface area (Å²) in [6.07, 6.45) is 5.74. The number of benzene rings is 2. The molecular formula is C27H30N2O4S2. The number of rotatable bonds is 12. The highest BCUT2D eigenvalue weighted by Gasteiger charge is 2.28. The lowest BCUT2D eigenvalue weighted by molar-refractivity contribution is -0.137. The number of aliphatic hydroxyl groups is 1. The Balaban J connectivity index is 1.30. The second kappa shape index (κ2) is 12.3. The molecule has 2 N–H and O–H groups in total. The molecule has 0 spiro atoms. The van der Waals surface area contributed by atoms with Crippen molar-refractivity contribution in [2.24, 2.45) is 0 Å². The summed E-state index contributed by atoms with van der Waals surface area (Å²) in [7, 11) is 0. The number of aromatic nitrogens is 1. The van der Waals surface area contributed by atoms with Crippen molar-refractivity contribution in [3.05, 3.63) is 66.2 Å². The van der Waals surface area contributed by atoms with Crippen LogP contribution in [0.25, 0.3) is 20.8 Å². The lowest BCUT2D eigenvalue weighted by Crippen LogP contribution is -2.34. The highest BCUT2D eigenvalue weighted by atomic mass is 32.2. The molecule has 1 aliphatic rings. The van der Waals surface area contributed by atoms with Gasteiger partial charge in [-0.25, -0.2) is 4.98 Å². The van der Waals surface area contributed by atoms with E-state index in [1.165, 1.54) is 0 Å². The van der Waals surface area contributed by atoms with Crippen molar-refractivity contribution in [3.8, 4) is 10.6 Å². The van der Waals surface area contributed by atoms with Crippen LogP contribution in [0.4, 0.5) is 0 Å². The van der Waals surface area contributed by atoms with Crippen LogP contribution in [-0.2, 0) is 16.0 Å². The van der Waals surface area contributed by atoms with E-state index >= 15 is 0 Å². The second-order valence-electron chi connectivity index (χ2n) is 8.65. The second-order valence-corrected chi connectivity index (χ2v) is 10.9. The van der Waals surface area contributed by atoms with Gasteiger partial charge >= 0.3 is 5.97 Å². The first-order valence-corrected chi connectivity index (χ1v) is 13.9. The van der Waals surface area contributed by atoms with E-state index in [9.17, 15) is 14.7 Å². The number of fused-ring (bicyclic) bond motifs is 1. The maximum atomic E-state index is 12.3. The van der Waals surface area contributed by atoms with Gasteiger partial charge in [0.15, 0.2) is 0 Å². The summed E-state index contributed by atoms with van der Waals surface area (Å²) in [5, 5.41) is 20.3. The van der Waals surface area contributed by atoms with Gasteiger partial charge in [0.2, 0.25) is 5.91 Å². The number of carbonyl (C=O) groups is 2. The number of carboxylic acids is 1. The molecule has 2 atom stereocenters. The zero-order valence-electron chi connectivity index (χ0n) is 19.5. The van der Waals surface area contributed by atoms with Crippen LogP contribution in [0, 0.1) is 0 Å². The highest BCUT2D eigenvalue weighted by Crippen LogP contribution is 2.30. The van der Waals surface area contributed by atoms with Crippen LogP contribution in [-0.4, -0.2) is 62.2 Å². The van der Waals surface area contributed by atoms with E-state index in [1.54, 1.807) is 29.2 Å². The minimum absolute atomic E-state index is 0.00542. The van der Waals surface area contributed by atoms with Gasteiger partial charge in [-0.1, -0.05) is 42.5 Å². The molecule has 8 heteroatoms. The van der Waals surface area contributed by atoms with E-state index < -0.39 is 12.1 Å². The van der Waals surface area contributed by atoms with Crippen molar-refractivity contribution < 1.29 is 19.8 Å². The number of thioether (sulfide) groups is 1. The highest BCUT2D eigenvalue weighted by molar-refractivity contribution is 7.99. The lowest BCUT2D eigenvalue weighted by atomic mass is 10.0. The van der Waals surface area contributed by atoms with Crippen molar-refractivity contribution in [2.75, 3.05) is 18.1 Å². The maximum Gasteiger partial charge on any atom is 0.303 e. The molecule has 184 valence electrons. The number of aliphatic carboxylic acids is 1. The third kappa shape index (κ3) is 7.16. The predicted molar refractivity (Wildman–Crippen MR) is 143 cm³/mol. The first-order valence-electron chi connectivity index (χ1n) is 11.9. The summed E-state index contributed by atoms with van der Waals surface area (Å²) in [6, 6.07) is 16.3. The van der Waals surface area contributed by atoms with E-state index in [-0.39, 0.29) is 18.4 Å². The van der Waals surface area contributed by atoms with Crippen LogP contribution in [0.5, 0.6) is 0 Å². The molecule has 3 aromatic rings. The molecule has 6 nitrogen and oxygen atoms in total. The Morgan fingerprint density at radius 3 is 2.91 bits per heavy atom. The molecule has 35 heavy (non-hydrogen) atoms. The number of nitrogens with zero attached hydrogens (tertiary/aromatic N) is 2. The average Bonchev–Trinajstić information content (AvgIpc) is 3.43. The van der Waals surface area contributed by atoms with Gasteiger partial charge in [-0.3, -0.25) is 9.59 Å². The Hall–Kier alpha value is -2.68. The molecule has 1 fully saturated rings. The number of hydrogen-bond acceptors (Lipinski definition) is 6. The molecule has 2 heterocycles. The van der Waals surface area contributed by atoms with Crippen molar-refractivity contribution in [2.45, 2.75) is 44.2 Å². The zero-order valence-corrected chi connectivity index (χ0v) is 21.1. The molecule has 0 saturated carbocycles. The van der Waals surface area contributed by atoms with E-state index in [0.717, 1.165) is 44.3 Å². The Morgan fingerprint density at radius 2 is 2.09 bits per heavy atom. The minimum Gasteiger partial charge on any atom is -0.481 e. The molecule has 4 rings (SSSR count). The van der Waals surface area contributed by atoms with Crippen molar-refractivity contribution in [1.29, 1.82) is 0 Å². The van der Waals surface area contributed by atoms with Gasteiger partial charge in [-0.05, 0) is 42.4 Å². The molecule has 1 amide bonds. The summed E-state index contributed by atoms with van der Waals surface area (Å²) < 4.78 is 1.16. The number of likely N-dealkylation sites (tertiary alicyclic amines) is 1. The normalized spacial score (nSPS) is 17.0. The van der Waals surface area contributed by atoms with Gasteiger partial charge in [0.05, 0.1) is 22.4 Å². The average molecular weight is 511 g/mol. The third-order valence-corrected chi connectivity index (χ3v) is 8.13. The molecule has 0 bridgehead atoms. The monoisotopic (exact) mass is 510 g/mol. The molecule has 0 aliphatic carbocycles. The fourth-order valence-electron chi connectivity index (χ4n) is 4.23. The Labute approximate surface area is 213 Å². The van der Waals surface area contributed by atoms with Crippen LogP contribution in [0.2, 0.25) is 0 Å². The largest absolute Gasteiger partial charge is 0.481 e. The van der Waals surface area contributed by atoms with E-state index in [1.807, 2.05) is 47.4 Å². The van der Waals surface area contributed by atoms with Crippen LogP contribution in [0.3, 0.4) is 0 Å². The van der Waals surface area contributed by atoms with Crippen LogP contribution >= 0.6 is 23.1 Å². The van der Waals surface area contributed by atoms with Gasteiger partial charge < -0.3 is 15.1 Å². The Morgan fingerprint density at radius 1 is 1.23 bits per heavy atom. The topological polar surface area (TPSA) is 90.7 Å². The molecule has 1 aromatic heterocycles. The van der Waals surface area contributed by atoms with Crippen molar-refractivity contribution in [3.63, 3.8) is 0 Å². The van der Waals surface area contributed by atoms with E-state index in [4.69, 9.17) is 10.1 Å².